The molecule has 0 amide bonds. The van der Waals surface area contributed by atoms with E-state index >= 15 is 0 Å². The number of nitrogens with one attached hydrogen (secondary N) is 2. The first kappa shape index (κ1) is 21.3. The van der Waals surface area contributed by atoms with Gasteiger partial charge in [-0.1, -0.05) is 13.8 Å². The third-order valence-electron chi connectivity index (χ3n) is 2.42. The van der Waals surface area contributed by atoms with Crippen LogP contribution in [0, 0.1) is 0 Å². The molecule has 7 N–H and O–H groups in total. The summed E-state index contributed by atoms with van der Waals surface area (Å²) in [5, 5.41) is 24.3. The van der Waals surface area contributed by atoms with Crippen molar-refractivity contribution in [2.75, 3.05) is 26.3 Å². The maximum absolute atomic E-state index is 8.90. The average Bonchev–Trinajstić information content (AvgIpc) is 2.32. The van der Waals surface area contributed by atoms with Gasteiger partial charge in [0.1, 0.15) is 0 Å². The van der Waals surface area contributed by atoms with Crippen LogP contribution in [0.2, 0.25) is 0 Å². The Bertz CT molecular complexity index is 208. The SMILES string of the molecule is CCC(CO)NCCNC(CC)CO.O=P(O)(O)O. The Kier molecular flexibility index (Phi) is 14.5. The van der Waals surface area contributed by atoms with E-state index in [0.29, 0.717) is 0 Å². The number of hydrogen-bond acceptors (Lipinski definition) is 5. The molecule has 0 bridgehead atoms. The van der Waals surface area contributed by atoms with E-state index in [1.807, 2.05) is 13.8 Å². The van der Waals surface area contributed by atoms with Crippen molar-refractivity contribution < 1.29 is 29.5 Å². The monoisotopic (exact) mass is 302 g/mol. The minimum Gasteiger partial charge on any atom is -0.395 e. The molecule has 0 aromatic rings. The van der Waals surface area contributed by atoms with Crippen LogP contribution in [0.4, 0.5) is 0 Å². The zero-order valence-corrected chi connectivity index (χ0v) is 12.4. The van der Waals surface area contributed by atoms with Gasteiger partial charge in [0.25, 0.3) is 0 Å². The Morgan fingerprint density at radius 1 is 0.895 bits per heavy atom. The van der Waals surface area contributed by atoms with Gasteiger partial charge in [-0.25, -0.2) is 4.57 Å². The number of rotatable bonds is 9. The molecule has 118 valence electrons. The summed E-state index contributed by atoms with van der Waals surface area (Å²) in [4.78, 5) is 21.6. The third-order valence-corrected chi connectivity index (χ3v) is 2.42. The van der Waals surface area contributed by atoms with Gasteiger partial charge in [-0.3, -0.25) is 0 Å². The van der Waals surface area contributed by atoms with E-state index in [0.717, 1.165) is 25.9 Å². The summed E-state index contributed by atoms with van der Waals surface area (Å²) < 4.78 is 8.88. The normalized spacial score (nSPS) is 14.5. The molecule has 0 spiro atoms. The summed E-state index contributed by atoms with van der Waals surface area (Å²) >= 11 is 0. The van der Waals surface area contributed by atoms with Gasteiger partial charge in [0.05, 0.1) is 13.2 Å². The summed E-state index contributed by atoms with van der Waals surface area (Å²) in [7, 11) is -4.64. The topological polar surface area (TPSA) is 142 Å². The van der Waals surface area contributed by atoms with Gasteiger partial charge in [-0.2, -0.15) is 0 Å². The molecule has 8 nitrogen and oxygen atoms in total. The molecule has 0 saturated heterocycles. The summed E-state index contributed by atoms with van der Waals surface area (Å²) in [5.41, 5.74) is 0. The summed E-state index contributed by atoms with van der Waals surface area (Å²) in [6.07, 6.45) is 1.88. The number of aliphatic hydroxyl groups excluding tert-OH is 2. The van der Waals surface area contributed by atoms with Crippen LogP contribution >= 0.6 is 7.82 Å². The molecule has 0 aromatic heterocycles. The van der Waals surface area contributed by atoms with Crippen molar-refractivity contribution in [3.63, 3.8) is 0 Å². The first-order chi connectivity index (χ1) is 8.78. The minimum atomic E-state index is -4.64. The van der Waals surface area contributed by atoms with Crippen LogP contribution in [0.15, 0.2) is 0 Å². The Hall–Kier alpha value is -0.0500. The van der Waals surface area contributed by atoms with Crippen molar-refractivity contribution in [1.82, 2.24) is 10.6 Å². The lowest BCUT2D eigenvalue weighted by atomic mass is 10.2. The largest absolute Gasteiger partial charge is 0.466 e. The highest BCUT2D eigenvalue weighted by molar-refractivity contribution is 7.45. The molecule has 0 heterocycles. The third kappa shape index (κ3) is 20.4. The zero-order valence-electron chi connectivity index (χ0n) is 11.5. The van der Waals surface area contributed by atoms with Crippen LogP contribution in [0.5, 0.6) is 0 Å². The Morgan fingerprint density at radius 3 is 1.32 bits per heavy atom. The van der Waals surface area contributed by atoms with Crippen molar-refractivity contribution >= 4 is 7.82 Å². The standard InChI is InChI=1S/C10H24N2O2.H3O4P/c1-3-9(7-13)11-5-6-12-10(4-2)8-14;1-5(2,3)4/h9-14H,3-8H2,1-2H3;(H3,1,2,3,4). The lowest BCUT2D eigenvalue weighted by Crippen LogP contribution is -2.40. The van der Waals surface area contributed by atoms with Crippen molar-refractivity contribution in [2.45, 2.75) is 38.8 Å². The molecule has 0 aliphatic carbocycles. The molecular formula is C10H27N2O6P. The van der Waals surface area contributed by atoms with Gasteiger partial charge in [-0.15, -0.1) is 0 Å². The van der Waals surface area contributed by atoms with Crippen LogP contribution in [-0.2, 0) is 4.57 Å². The van der Waals surface area contributed by atoms with Crippen molar-refractivity contribution in [1.29, 1.82) is 0 Å². The van der Waals surface area contributed by atoms with Gasteiger partial charge in [0, 0.05) is 25.2 Å². The van der Waals surface area contributed by atoms with Crippen molar-refractivity contribution in [3.8, 4) is 0 Å². The summed E-state index contributed by atoms with van der Waals surface area (Å²) in [6.45, 7) is 6.13. The fraction of sp³-hybridized carbons (Fsp3) is 1.00. The van der Waals surface area contributed by atoms with Gasteiger partial charge in [0.15, 0.2) is 0 Å². The fourth-order valence-electron chi connectivity index (χ4n) is 1.23. The summed E-state index contributed by atoms with van der Waals surface area (Å²) in [5.74, 6) is 0. The maximum Gasteiger partial charge on any atom is 0.466 e. The van der Waals surface area contributed by atoms with Gasteiger partial charge in [0.2, 0.25) is 0 Å². The van der Waals surface area contributed by atoms with Crippen LogP contribution in [0.1, 0.15) is 26.7 Å². The highest BCUT2D eigenvalue weighted by Gasteiger charge is 2.04. The van der Waals surface area contributed by atoms with Gasteiger partial charge in [-0.05, 0) is 12.8 Å². The average molecular weight is 302 g/mol. The van der Waals surface area contributed by atoms with E-state index in [4.69, 9.17) is 29.5 Å². The molecule has 0 radical (unpaired) electrons. The molecule has 0 rings (SSSR count). The number of hydrogen-bond donors (Lipinski definition) is 7. The van der Waals surface area contributed by atoms with Gasteiger partial charge >= 0.3 is 7.82 Å². The molecule has 0 fully saturated rings. The highest BCUT2D eigenvalue weighted by atomic mass is 31.2. The molecule has 0 aliphatic heterocycles. The van der Waals surface area contributed by atoms with E-state index in [-0.39, 0.29) is 25.3 Å². The Balaban J connectivity index is 0. The van der Waals surface area contributed by atoms with E-state index in [1.54, 1.807) is 0 Å². The van der Waals surface area contributed by atoms with Crippen LogP contribution < -0.4 is 10.6 Å². The van der Waals surface area contributed by atoms with E-state index in [9.17, 15) is 0 Å². The van der Waals surface area contributed by atoms with Crippen molar-refractivity contribution in [3.05, 3.63) is 0 Å². The highest BCUT2D eigenvalue weighted by Crippen LogP contribution is 2.25. The van der Waals surface area contributed by atoms with Crippen LogP contribution in [0.3, 0.4) is 0 Å². The Labute approximate surface area is 114 Å². The quantitative estimate of drug-likeness (QED) is 0.207. The Morgan fingerprint density at radius 2 is 1.16 bits per heavy atom. The molecule has 19 heavy (non-hydrogen) atoms. The predicted molar refractivity (Wildman–Crippen MR) is 72.6 cm³/mol. The van der Waals surface area contributed by atoms with Crippen LogP contribution in [0.25, 0.3) is 0 Å². The van der Waals surface area contributed by atoms with E-state index in [2.05, 4.69) is 10.6 Å². The molecule has 9 heteroatoms. The second-order valence-electron chi connectivity index (χ2n) is 4.00. The summed E-state index contributed by atoms with van der Waals surface area (Å²) in [6, 6.07) is 0.400. The second-order valence-corrected chi connectivity index (χ2v) is 5.02. The molecule has 0 saturated carbocycles. The molecule has 0 aromatic carbocycles. The maximum atomic E-state index is 8.90. The van der Waals surface area contributed by atoms with Crippen molar-refractivity contribution in [2.24, 2.45) is 0 Å². The fourth-order valence-corrected chi connectivity index (χ4v) is 1.23. The smallest absolute Gasteiger partial charge is 0.395 e. The molecule has 0 aliphatic rings. The van der Waals surface area contributed by atoms with E-state index in [1.165, 1.54) is 0 Å². The second kappa shape index (κ2) is 13.0. The predicted octanol–water partition coefficient (Wildman–Crippen LogP) is -1.22. The van der Waals surface area contributed by atoms with E-state index < -0.39 is 7.82 Å². The number of phosphoric acid groups is 1. The first-order valence-electron chi connectivity index (χ1n) is 6.25. The van der Waals surface area contributed by atoms with Gasteiger partial charge < -0.3 is 35.5 Å². The molecule has 2 atom stereocenters. The first-order valence-corrected chi connectivity index (χ1v) is 7.81. The van der Waals surface area contributed by atoms with Crippen LogP contribution in [-0.4, -0.2) is 63.3 Å². The molecule has 2 unspecified atom stereocenters. The lowest BCUT2D eigenvalue weighted by Gasteiger charge is -2.17. The molecular weight excluding hydrogens is 275 g/mol. The zero-order chi connectivity index (χ0) is 15.3. The number of aliphatic hydroxyl groups is 2. The minimum absolute atomic E-state index is 0.188. The lowest BCUT2D eigenvalue weighted by molar-refractivity contribution is 0.229.